The molecule has 0 atom stereocenters. The van der Waals surface area contributed by atoms with Gasteiger partial charge in [0, 0.05) is 12.2 Å². The zero-order valence-corrected chi connectivity index (χ0v) is 10.8. The number of piperidine rings is 1. The summed E-state index contributed by atoms with van der Waals surface area (Å²) in [6.07, 6.45) is 2.32. The quantitative estimate of drug-likeness (QED) is 0.785. The van der Waals surface area contributed by atoms with Gasteiger partial charge in [0.25, 0.3) is 0 Å². The zero-order valence-electron chi connectivity index (χ0n) is 10.1. The summed E-state index contributed by atoms with van der Waals surface area (Å²) in [6.45, 7) is 3.00. The fourth-order valence-electron chi connectivity index (χ4n) is 2.15. The molecule has 0 saturated carbocycles. The molecule has 0 amide bonds. The first-order valence-electron chi connectivity index (χ1n) is 6.14. The van der Waals surface area contributed by atoms with E-state index in [2.05, 4.69) is 10.6 Å². The standard InChI is InChI=1S/C13H17ClN2O2/c14-12-2-1-10(7-11(12)13(17)18)16-8-9-3-5-15-6-4-9/h1-2,7,9,15-16H,3-6,8H2,(H,17,18). The summed E-state index contributed by atoms with van der Waals surface area (Å²) in [7, 11) is 0. The summed E-state index contributed by atoms with van der Waals surface area (Å²) in [5.74, 6) is -0.347. The van der Waals surface area contributed by atoms with Gasteiger partial charge in [-0.1, -0.05) is 11.6 Å². The number of aromatic carboxylic acids is 1. The van der Waals surface area contributed by atoms with E-state index in [0.29, 0.717) is 5.92 Å². The predicted octanol–water partition coefficient (Wildman–Crippen LogP) is 2.45. The lowest BCUT2D eigenvalue weighted by Crippen LogP contribution is -2.31. The zero-order chi connectivity index (χ0) is 13.0. The van der Waals surface area contributed by atoms with Crippen LogP contribution in [0.5, 0.6) is 0 Å². The molecule has 1 aliphatic heterocycles. The van der Waals surface area contributed by atoms with Gasteiger partial charge in [-0.05, 0) is 50.0 Å². The second-order valence-electron chi connectivity index (χ2n) is 4.57. The van der Waals surface area contributed by atoms with Gasteiger partial charge in [0.05, 0.1) is 10.6 Å². The molecular formula is C13H17ClN2O2. The molecule has 1 aliphatic rings. The summed E-state index contributed by atoms with van der Waals surface area (Å²) in [4.78, 5) is 11.0. The van der Waals surface area contributed by atoms with Crippen LogP contribution in [0.25, 0.3) is 0 Å². The third-order valence-corrected chi connectivity index (χ3v) is 3.58. The monoisotopic (exact) mass is 268 g/mol. The van der Waals surface area contributed by atoms with Crippen LogP contribution in [0.1, 0.15) is 23.2 Å². The second kappa shape index (κ2) is 6.07. The number of hydrogen-bond donors (Lipinski definition) is 3. The van der Waals surface area contributed by atoms with Crippen LogP contribution in [0, 0.1) is 5.92 Å². The Hall–Kier alpha value is -1.26. The Kier molecular flexibility index (Phi) is 4.44. The van der Waals surface area contributed by atoms with Gasteiger partial charge in [0.2, 0.25) is 0 Å². The average molecular weight is 269 g/mol. The van der Waals surface area contributed by atoms with E-state index < -0.39 is 5.97 Å². The summed E-state index contributed by atoms with van der Waals surface area (Å²) in [5.41, 5.74) is 0.960. The first kappa shape index (κ1) is 13.2. The molecule has 0 bridgehead atoms. The van der Waals surface area contributed by atoms with Crippen LogP contribution < -0.4 is 10.6 Å². The maximum Gasteiger partial charge on any atom is 0.337 e. The summed E-state index contributed by atoms with van der Waals surface area (Å²) >= 11 is 5.82. The molecule has 98 valence electrons. The lowest BCUT2D eigenvalue weighted by atomic mass is 9.98. The molecule has 3 N–H and O–H groups in total. The lowest BCUT2D eigenvalue weighted by molar-refractivity contribution is 0.0697. The number of halogens is 1. The Morgan fingerprint density at radius 3 is 2.83 bits per heavy atom. The van der Waals surface area contributed by atoms with Crippen LogP contribution >= 0.6 is 11.6 Å². The predicted molar refractivity (Wildman–Crippen MR) is 72.5 cm³/mol. The van der Waals surface area contributed by atoms with E-state index in [1.165, 1.54) is 0 Å². The fourth-order valence-corrected chi connectivity index (χ4v) is 2.35. The van der Waals surface area contributed by atoms with Crippen molar-refractivity contribution in [2.45, 2.75) is 12.8 Å². The van der Waals surface area contributed by atoms with Crippen molar-refractivity contribution in [2.75, 3.05) is 25.0 Å². The maximum atomic E-state index is 11.0. The van der Waals surface area contributed by atoms with Crippen molar-refractivity contribution in [3.63, 3.8) is 0 Å². The third-order valence-electron chi connectivity index (χ3n) is 3.25. The molecule has 0 aromatic heterocycles. The maximum absolute atomic E-state index is 11.0. The van der Waals surface area contributed by atoms with Gasteiger partial charge in [-0.15, -0.1) is 0 Å². The molecule has 18 heavy (non-hydrogen) atoms. The largest absolute Gasteiger partial charge is 0.478 e. The molecule has 1 heterocycles. The van der Waals surface area contributed by atoms with E-state index in [4.69, 9.17) is 16.7 Å². The Bertz CT molecular complexity index is 431. The molecule has 1 aromatic rings. The molecule has 1 aromatic carbocycles. The van der Waals surface area contributed by atoms with E-state index >= 15 is 0 Å². The highest BCUT2D eigenvalue weighted by Crippen LogP contribution is 2.21. The van der Waals surface area contributed by atoms with Gasteiger partial charge in [-0.3, -0.25) is 0 Å². The third kappa shape index (κ3) is 3.37. The van der Waals surface area contributed by atoms with E-state index in [-0.39, 0.29) is 10.6 Å². The second-order valence-corrected chi connectivity index (χ2v) is 4.98. The van der Waals surface area contributed by atoms with Crippen molar-refractivity contribution in [3.05, 3.63) is 28.8 Å². The smallest absolute Gasteiger partial charge is 0.337 e. The number of carboxylic acid groups (broad SMARTS) is 1. The number of hydrogen-bond acceptors (Lipinski definition) is 3. The van der Waals surface area contributed by atoms with Crippen LogP contribution in [-0.4, -0.2) is 30.7 Å². The molecule has 0 spiro atoms. The summed E-state index contributed by atoms with van der Waals surface area (Å²) in [6, 6.07) is 5.03. The molecule has 2 rings (SSSR count). The number of nitrogens with one attached hydrogen (secondary N) is 2. The highest BCUT2D eigenvalue weighted by atomic mass is 35.5. The van der Waals surface area contributed by atoms with Gasteiger partial charge in [-0.25, -0.2) is 4.79 Å². The van der Waals surface area contributed by atoms with Crippen molar-refractivity contribution in [1.29, 1.82) is 0 Å². The molecule has 0 aliphatic carbocycles. The number of rotatable bonds is 4. The molecule has 1 fully saturated rings. The van der Waals surface area contributed by atoms with Crippen LogP contribution in [0.2, 0.25) is 5.02 Å². The topological polar surface area (TPSA) is 61.4 Å². The summed E-state index contributed by atoms with van der Waals surface area (Å²) in [5, 5.41) is 15.9. The average Bonchev–Trinajstić information content (AvgIpc) is 2.38. The SMILES string of the molecule is O=C(O)c1cc(NCC2CCNCC2)ccc1Cl. The lowest BCUT2D eigenvalue weighted by Gasteiger charge is -2.23. The Morgan fingerprint density at radius 1 is 1.44 bits per heavy atom. The van der Waals surface area contributed by atoms with Crippen molar-refractivity contribution in [2.24, 2.45) is 5.92 Å². The Morgan fingerprint density at radius 2 is 2.17 bits per heavy atom. The van der Waals surface area contributed by atoms with Crippen LogP contribution in [0.4, 0.5) is 5.69 Å². The number of anilines is 1. The van der Waals surface area contributed by atoms with Gasteiger partial charge >= 0.3 is 5.97 Å². The minimum Gasteiger partial charge on any atom is -0.478 e. The molecule has 0 unspecified atom stereocenters. The number of carboxylic acids is 1. The van der Waals surface area contributed by atoms with Crippen molar-refractivity contribution in [1.82, 2.24) is 5.32 Å². The van der Waals surface area contributed by atoms with Crippen molar-refractivity contribution >= 4 is 23.3 Å². The van der Waals surface area contributed by atoms with Gasteiger partial charge in [0.1, 0.15) is 0 Å². The highest BCUT2D eigenvalue weighted by molar-refractivity contribution is 6.33. The van der Waals surface area contributed by atoms with Crippen molar-refractivity contribution < 1.29 is 9.90 Å². The Balaban J connectivity index is 1.96. The molecule has 5 heteroatoms. The van der Waals surface area contributed by atoms with Gasteiger partial charge < -0.3 is 15.7 Å². The first-order valence-corrected chi connectivity index (χ1v) is 6.52. The minimum atomic E-state index is -0.995. The van der Waals surface area contributed by atoms with E-state index in [0.717, 1.165) is 38.2 Å². The van der Waals surface area contributed by atoms with E-state index in [9.17, 15) is 4.79 Å². The number of carbonyl (C=O) groups is 1. The van der Waals surface area contributed by atoms with E-state index in [1.54, 1.807) is 12.1 Å². The molecule has 4 nitrogen and oxygen atoms in total. The van der Waals surface area contributed by atoms with Crippen LogP contribution in [0.3, 0.4) is 0 Å². The van der Waals surface area contributed by atoms with E-state index in [1.807, 2.05) is 6.07 Å². The van der Waals surface area contributed by atoms with Gasteiger partial charge in [-0.2, -0.15) is 0 Å². The molecule has 1 saturated heterocycles. The highest BCUT2D eigenvalue weighted by Gasteiger charge is 2.13. The Labute approximate surface area is 111 Å². The normalized spacial score (nSPS) is 16.5. The van der Waals surface area contributed by atoms with Crippen LogP contribution in [-0.2, 0) is 0 Å². The fraction of sp³-hybridized carbons (Fsp3) is 0.462. The first-order chi connectivity index (χ1) is 8.66. The minimum absolute atomic E-state index is 0.145. The van der Waals surface area contributed by atoms with Crippen LogP contribution in [0.15, 0.2) is 18.2 Å². The molecule has 0 radical (unpaired) electrons. The summed E-state index contributed by atoms with van der Waals surface area (Å²) < 4.78 is 0. The molecular weight excluding hydrogens is 252 g/mol. The number of benzene rings is 1. The van der Waals surface area contributed by atoms with Crippen molar-refractivity contribution in [3.8, 4) is 0 Å². The van der Waals surface area contributed by atoms with Gasteiger partial charge in [0.15, 0.2) is 0 Å².